The summed E-state index contributed by atoms with van der Waals surface area (Å²) in [6.45, 7) is 4.87. The topological polar surface area (TPSA) is 73.0 Å². The molecule has 2 aliphatic rings. The van der Waals surface area contributed by atoms with Crippen molar-refractivity contribution in [1.29, 1.82) is 0 Å². The number of nitrogens with zero attached hydrogens (tertiary/aromatic N) is 2. The van der Waals surface area contributed by atoms with E-state index < -0.39 is 0 Å². The largest absolute Gasteiger partial charge is 0.369 e. The Kier molecular flexibility index (Phi) is 5.07. The minimum Gasteiger partial charge on any atom is -0.369 e. The molecule has 0 aliphatic carbocycles. The van der Waals surface area contributed by atoms with Crippen LogP contribution >= 0.6 is 0 Å². The Hall–Kier alpha value is -3.38. The van der Waals surface area contributed by atoms with Crippen LogP contribution < -0.4 is 15.5 Å². The summed E-state index contributed by atoms with van der Waals surface area (Å²) in [6.07, 6.45) is 6.75. The van der Waals surface area contributed by atoms with Crippen molar-refractivity contribution < 1.29 is 4.79 Å². The van der Waals surface area contributed by atoms with E-state index in [1.807, 2.05) is 30.5 Å². The fraction of sp³-hybridized carbons (Fsp3) is 0.250. The SMILES string of the molecule is O=C1NCCc2[nH]c(-c3ccnc(C=Cc4ccc(N5CCNCC5)cc4)c3)cc21. The highest BCUT2D eigenvalue weighted by atomic mass is 16.1. The molecule has 3 N–H and O–H groups in total. The van der Waals surface area contributed by atoms with Crippen molar-refractivity contribution in [2.75, 3.05) is 37.6 Å². The molecular formula is C24H25N5O. The average molecular weight is 399 g/mol. The fourth-order valence-corrected chi connectivity index (χ4v) is 4.06. The molecule has 2 aromatic heterocycles. The van der Waals surface area contributed by atoms with Gasteiger partial charge in [-0.1, -0.05) is 18.2 Å². The van der Waals surface area contributed by atoms with Gasteiger partial charge >= 0.3 is 0 Å². The lowest BCUT2D eigenvalue weighted by Crippen LogP contribution is -2.43. The number of pyridine rings is 1. The highest BCUT2D eigenvalue weighted by Crippen LogP contribution is 2.25. The number of carbonyl (C=O) groups is 1. The first-order chi connectivity index (χ1) is 14.8. The number of fused-ring (bicyclic) bond motifs is 1. The number of hydrogen-bond acceptors (Lipinski definition) is 4. The zero-order chi connectivity index (χ0) is 20.3. The van der Waals surface area contributed by atoms with Crippen molar-refractivity contribution in [3.05, 3.63) is 71.2 Å². The van der Waals surface area contributed by atoms with Crippen LogP contribution in [-0.4, -0.2) is 48.6 Å². The summed E-state index contributed by atoms with van der Waals surface area (Å²) in [4.78, 5) is 22.3. The molecule has 1 aromatic carbocycles. The zero-order valence-electron chi connectivity index (χ0n) is 16.8. The van der Waals surface area contributed by atoms with Crippen molar-refractivity contribution in [1.82, 2.24) is 20.6 Å². The van der Waals surface area contributed by atoms with Gasteiger partial charge in [0, 0.05) is 68.0 Å². The molecule has 1 fully saturated rings. The van der Waals surface area contributed by atoms with E-state index in [9.17, 15) is 4.79 Å². The molecule has 1 saturated heterocycles. The molecule has 6 heteroatoms. The number of benzene rings is 1. The number of aromatic amines is 1. The third kappa shape index (κ3) is 3.86. The predicted octanol–water partition coefficient (Wildman–Crippen LogP) is 2.94. The van der Waals surface area contributed by atoms with Crippen LogP contribution in [0, 0.1) is 0 Å². The third-order valence-corrected chi connectivity index (χ3v) is 5.72. The molecule has 5 rings (SSSR count). The first-order valence-electron chi connectivity index (χ1n) is 10.5. The standard InChI is InChI=1S/C24H25N5O/c30-24-21-16-23(28-22(21)8-10-27-24)18-7-9-26-19(15-18)4-1-17-2-5-20(6-3-17)29-13-11-25-12-14-29/h1-7,9,15-16,25,28H,8,10-14H2,(H,27,30). The van der Waals surface area contributed by atoms with Gasteiger partial charge in [0.2, 0.25) is 0 Å². The molecule has 2 aliphatic heterocycles. The van der Waals surface area contributed by atoms with E-state index in [4.69, 9.17) is 0 Å². The minimum atomic E-state index is -0.00260. The Labute approximate surface area is 176 Å². The molecule has 4 heterocycles. The van der Waals surface area contributed by atoms with Crippen molar-refractivity contribution >= 4 is 23.7 Å². The van der Waals surface area contributed by atoms with Gasteiger partial charge in [-0.15, -0.1) is 0 Å². The monoisotopic (exact) mass is 399 g/mol. The van der Waals surface area contributed by atoms with Crippen molar-refractivity contribution in [2.45, 2.75) is 6.42 Å². The molecule has 3 aromatic rings. The maximum absolute atomic E-state index is 12.0. The van der Waals surface area contributed by atoms with Gasteiger partial charge < -0.3 is 20.5 Å². The maximum Gasteiger partial charge on any atom is 0.253 e. The van der Waals surface area contributed by atoms with Gasteiger partial charge in [0.05, 0.1) is 11.3 Å². The van der Waals surface area contributed by atoms with Crippen LogP contribution in [0.5, 0.6) is 0 Å². The first kappa shape index (κ1) is 18.6. The van der Waals surface area contributed by atoms with Crippen LogP contribution in [0.2, 0.25) is 0 Å². The number of anilines is 1. The van der Waals surface area contributed by atoms with Crippen molar-refractivity contribution in [2.24, 2.45) is 0 Å². The van der Waals surface area contributed by atoms with E-state index in [2.05, 4.69) is 55.8 Å². The van der Waals surface area contributed by atoms with Gasteiger partial charge in [0.1, 0.15) is 0 Å². The smallest absolute Gasteiger partial charge is 0.253 e. The van der Waals surface area contributed by atoms with Gasteiger partial charge in [0.15, 0.2) is 0 Å². The third-order valence-electron chi connectivity index (χ3n) is 5.72. The van der Waals surface area contributed by atoms with E-state index >= 15 is 0 Å². The van der Waals surface area contributed by atoms with Crippen LogP contribution in [0.3, 0.4) is 0 Å². The normalized spacial score (nSPS) is 16.5. The van der Waals surface area contributed by atoms with E-state index in [1.165, 1.54) is 5.69 Å². The molecule has 0 atom stereocenters. The summed E-state index contributed by atoms with van der Waals surface area (Å²) in [6, 6.07) is 14.6. The van der Waals surface area contributed by atoms with E-state index in [0.717, 1.165) is 66.4 Å². The number of rotatable bonds is 4. The number of hydrogen-bond donors (Lipinski definition) is 3. The number of H-pyrrole nitrogens is 1. The molecule has 0 radical (unpaired) electrons. The van der Waals surface area contributed by atoms with Gasteiger partial charge in [-0.05, 0) is 42.0 Å². The Bertz CT molecular complexity index is 1080. The fourth-order valence-electron chi connectivity index (χ4n) is 4.06. The highest BCUT2D eigenvalue weighted by molar-refractivity contribution is 5.97. The van der Waals surface area contributed by atoms with Gasteiger partial charge in [0.25, 0.3) is 5.91 Å². The highest BCUT2D eigenvalue weighted by Gasteiger charge is 2.19. The number of nitrogens with one attached hydrogen (secondary N) is 3. The summed E-state index contributed by atoms with van der Waals surface area (Å²) in [5.74, 6) is -0.00260. The van der Waals surface area contributed by atoms with Crippen LogP contribution in [0.1, 0.15) is 27.3 Å². The zero-order valence-corrected chi connectivity index (χ0v) is 16.8. The van der Waals surface area contributed by atoms with Crippen molar-refractivity contribution in [3.63, 3.8) is 0 Å². The average Bonchev–Trinajstić information content (AvgIpc) is 3.25. The molecular weight excluding hydrogens is 374 g/mol. The lowest BCUT2D eigenvalue weighted by atomic mass is 10.1. The number of aromatic nitrogens is 2. The van der Waals surface area contributed by atoms with Crippen LogP contribution in [0.15, 0.2) is 48.7 Å². The van der Waals surface area contributed by atoms with Gasteiger partial charge in [-0.25, -0.2) is 0 Å². The second kappa shape index (κ2) is 8.16. The molecule has 6 nitrogen and oxygen atoms in total. The number of amides is 1. The molecule has 1 amide bonds. The Morgan fingerprint density at radius 3 is 2.60 bits per heavy atom. The number of piperazine rings is 1. The Morgan fingerprint density at radius 2 is 1.80 bits per heavy atom. The molecule has 0 spiro atoms. The minimum absolute atomic E-state index is 0.00260. The lowest BCUT2D eigenvalue weighted by molar-refractivity contribution is 0.0946. The second-order valence-corrected chi connectivity index (χ2v) is 7.71. The summed E-state index contributed by atoms with van der Waals surface area (Å²) in [5.41, 5.74) is 7.04. The number of carbonyl (C=O) groups excluding carboxylic acids is 1. The van der Waals surface area contributed by atoms with E-state index in [-0.39, 0.29) is 5.91 Å². The summed E-state index contributed by atoms with van der Waals surface area (Å²) in [7, 11) is 0. The summed E-state index contributed by atoms with van der Waals surface area (Å²) in [5, 5.41) is 6.27. The summed E-state index contributed by atoms with van der Waals surface area (Å²) >= 11 is 0. The maximum atomic E-state index is 12.0. The van der Waals surface area contributed by atoms with Gasteiger partial charge in [-0.3, -0.25) is 9.78 Å². The van der Waals surface area contributed by atoms with Gasteiger partial charge in [-0.2, -0.15) is 0 Å². The first-order valence-corrected chi connectivity index (χ1v) is 10.5. The predicted molar refractivity (Wildman–Crippen MR) is 121 cm³/mol. The van der Waals surface area contributed by atoms with Crippen LogP contribution in [0.25, 0.3) is 23.4 Å². The Morgan fingerprint density at radius 1 is 0.967 bits per heavy atom. The lowest BCUT2D eigenvalue weighted by Gasteiger charge is -2.29. The van der Waals surface area contributed by atoms with Crippen molar-refractivity contribution in [3.8, 4) is 11.3 Å². The van der Waals surface area contributed by atoms with Crippen LogP contribution in [0.4, 0.5) is 5.69 Å². The molecule has 152 valence electrons. The molecule has 0 saturated carbocycles. The quantitative estimate of drug-likeness (QED) is 0.631. The van der Waals surface area contributed by atoms with Crippen LogP contribution in [-0.2, 0) is 6.42 Å². The molecule has 30 heavy (non-hydrogen) atoms. The second-order valence-electron chi connectivity index (χ2n) is 7.71. The summed E-state index contributed by atoms with van der Waals surface area (Å²) < 4.78 is 0. The molecule has 0 bridgehead atoms. The Balaban J connectivity index is 1.32. The molecule has 0 unspecified atom stereocenters. The van der Waals surface area contributed by atoms with E-state index in [0.29, 0.717) is 6.54 Å². The van der Waals surface area contributed by atoms with E-state index in [1.54, 1.807) is 0 Å².